The molecule has 10 heteroatoms. The van der Waals surface area contributed by atoms with Crippen molar-refractivity contribution in [2.24, 2.45) is 0 Å². The molecule has 0 aliphatic carbocycles. The quantitative estimate of drug-likeness (QED) is 0.177. The van der Waals surface area contributed by atoms with E-state index in [1.54, 1.807) is 0 Å². The van der Waals surface area contributed by atoms with Crippen LogP contribution in [0.5, 0.6) is 0 Å². The average Bonchev–Trinajstić information content (AvgIpc) is 3.73. The second-order valence-electron chi connectivity index (χ2n) is 9.73. The van der Waals surface area contributed by atoms with Gasteiger partial charge in [-0.05, 0) is 22.2 Å². The predicted octanol–water partition coefficient (Wildman–Crippen LogP) is 2.55. The van der Waals surface area contributed by atoms with Gasteiger partial charge in [0.25, 0.3) is 5.82 Å². The topological polar surface area (TPSA) is 107 Å². The zero-order chi connectivity index (χ0) is 26.2. The number of hydrogen-bond donors (Lipinski definition) is 0. The summed E-state index contributed by atoms with van der Waals surface area (Å²) in [4.78, 5) is 38.0. The number of nitrogens with one attached hydrogen (secondary N) is 1. The van der Waals surface area contributed by atoms with Crippen molar-refractivity contribution in [1.82, 2.24) is 34.9 Å². The molecule has 0 atom stereocenters. The number of nitrogens with zero attached hydrogens (tertiary/aromatic N) is 7. The van der Waals surface area contributed by atoms with Gasteiger partial charge in [0.15, 0.2) is 5.65 Å². The first kappa shape index (κ1) is 26.4. The maximum Gasteiger partial charge on any atom is 2.00 e. The largest absolute Gasteiger partial charge is 2.00 e. The summed E-state index contributed by atoms with van der Waals surface area (Å²) in [6.45, 7) is 0. The van der Waals surface area contributed by atoms with Gasteiger partial charge in [0.05, 0.1) is 17.2 Å². The summed E-state index contributed by atoms with van der Waals surface area (Å²) in [6.07, 6.45) is 0. The first-order valence-electron chi connectivity index (χ1n) is 12.9. The van der Waals surface area contributed by atoms with E-state index < -0.39 is 0 Å². The molecule has 1 radical (unpaired) electrons. The van der Waals surface area contributed by atoms with Gasteiger partial charge in [0, 0.05) is 39.0 Å². The molecule has 5 heterocycles. The van der Waals surface area contributed by atoms with E-state index in [1.165, 1.54) is 0 Å². The molecular formula is C32H17CuIN8. The molecule has 42 heavy (non-hydrogen) atoms. The minimum atomic E-state index is 0. The Balaban J connectivity index is 0.00000144. The molecule has 8 bridgehead atoms. The Bertz CT molecular complexity index is 2040. The Labute approximate surface area is 266 Å². The monoisotopic (exact) mass is 703 g/mol. The molecule has 7 aromatic rings. The average molecular weight is 704 g/mol. The summed E-state index contributed by atoms with van der Waals surface area (Å²) in [7, 11) is 0. The van der Waals surface area contributed by atoms with E-state index in [4.69, 9.17) is 34.9 Å². The molecule has 4 aromatic carbocycles. The minimum absolute atomic E-state index is 0. The van der Waals surface area contributed by atoms with Gasteiger partial charge in [0.2, 0.25) is 0 Å². The smallest absolute Gasteiger partial charge is 1.00 e. The van der Waals surface area contributed by atoms with Gasteiger partial charge in [-0.3, -0.25) is 4.98 Å². The van der Waals surface area contributed by atoms with Crippen LogP contribution in [0.1, 0.15) is 0 Å². The Kier molecular flexibility index (Phi) is 6.34. The van der Waals surface area contributed by atoms with Crippen LogP contribution < -0.4 is 38.9 Å². The van der Waals surface area contributed by atoms with E-state index >= 15 is 0 Å². The van der Waals surface area contributed by atoms with Crippen molar-refractivity contribution in [3.8, 4) is 45.6 Å². The number of rotatable bonds is 0. The summed E-state index contributed by atoms with van der Waals surface area (Å²) >= 11 is 0. The van der Waals surface area contributed by atoms with Crippen molar-refractivity contribution in [1.29, 1.82) is 0 Å². The van der Waals surface area contributed by atoms with Crippen molar-refractivity contribution in [3.63, 3.8) is 0 Å². The molecule has 0 spiro atoms. The normalized spacial score (nSPS) is 11.4. The molecule has 8 nitrogen and oxygen atoms in total. The Hall–Kier alpha value is -4.51. The fraction of sp³-hybridized carbons (Fsp3) is 0. The second-order valence-corrected chi connectivity index (χ2v) is 9.73. The maximum atomic E-state index is 5.00. The molecule has 2 aliphatic rings. The summed E-state index contributed by atoms with van der Waals surface area (Å²) in [6, 6.07) is 32.0. The van der Waals surface area contributed by atoms with E-state index in [9.17, 15) is 0 Å². The zero-order valence-electron chi connectivity index (χ0n) is 21.5. The minimum Gasteiger partial charge on any atom is -1.00 e. The molecule has 0 fully saturated rings. The number of H-pyrrole nitrogens is 1. The van der Waals surface area contributed by atoms with Crippen molar-refractivity contribution >= 4 is 44.1 Å². The van der Waals surface area contributed by atoms with Crippen LogP contribution in [0, 0.1) is 0 Å². The van der Waals surface area contributed by atoms with Crippen molar-refractivity contribution < 1.29 is 46.0 Å². The van der Waals surface area contributed by atoms with E-state index in [0.29, 0.717) is 45.9 Å². The fourth-order valence-corrected chi connectivity index (χ4v) is 5.52. The van der Waals surface area contributed by atoms with Gasteiger partial charge < -0.3 is 48.9 Å². The van der Waals surface area contributed by atoms with Crippen molar-refractivity contribution in [3.05, 3.63) is 97.1 Å². The summed E-state index contributed by atoms with van der Waals surface area (Å²) < 4.78 is 0. The third kappa shape index (κ3) is 3.94. The van der Waals surface area contributed by atoms with Crippen LogP contribution in [-0.2, 0) is 17.1 Å². The van der Waals surface area contributed by atoms with Gasteiger partial charge in [-0.25, -0.2) is 4.98 Å². The summed E-state index contributed by atoms with van der Waals surface area (Å²) in [5.74, 6) is 2.47. The Morgan fingerprint density at radius 1 is 0.405 bits per heavy atom. The van der Waals surface area contributed by atoms with Crippen LogP contribution in [-0.4, -0.2) is 24.9 Å². The molecule has 203 valence electrons. The number of fused-ring (bicyclic) bond motifs is 20. The SMILES string of the molecule is [Cu+2].[I-].c1ccc2c(c1)-c1nc-2nc2[n-]c(nc3[nH+]c(nc4[n-]c(n1)c1ccccc41)-c1ccccc1-3)c1ccccc21. The molecule has 0 saturated carbocycles. The molecular weight excluding hydrogens is 687 g/mol. The van der Waals surface area contributed by atoms with Gasteiger partial charge in [-0.2, -0.15) is 0 Å². The first-order chi connectivity index (χ1) is 19.8. The molecule has 2 aliphatic heterocycles. The number of aromatic nitrogens is 8. The van der Waals surface area contributed by atoms with Gasteiger partial charge in [-0.1, -0.05) is 96.0 Å². The number of aromatic amines is 1. The maximum absolute atomic E-state index is 5.00. The van der Waals surface area contributed by atoms with Crippen LogP contribution >= 0.6 is 0 Å². The van der Waals surface area contributed by atoms with Gasteiger partial charge >= 0.3 is 17.1 Å². The van der Waals surface area contributed by atoms with Crippen LogP contribution in [0.3, 0.4) is 0 Å². The molecule has 1 N–H and O–H groups in total. The number of benzene rings is 4. The fourth-order valence-electron chi connectivity index (χ4n) is 5.52. The zero-order valence-corrected chi connectivity index (χ0v) is 24.6. The first-order valence-corrected chi connectivity index (χ1v) is 12.9. The van der Waals surface area contributed by atoms with Crippen LogP contribution in [0.2, 0.25) is 0 Å². The molecule has 9 rings (SSSR count). The standard InChI is InChI=1S/C32H16N8.Cu.HI/c1-2-10-18-17(9-1)25-33-26(18)38-28-21-13-5-6-14-22(21)30(35-28)40-32-24-16-8-7-15-23(24)31(36-32)39-29-20-12-4-3-11-19(20)27(34-29)37-25;;/h1-16H;;1H/q-2;+2;. The van der Waals surface area contributed by atoms with Crippen LogP contribution in [0.4, 0.5) is 0 Å². The Morgan fingerprint density at radius 3 is 1.14 bits per heavy atom. The Morgan fingerprint density at radius 2 is 0.738 bits per heavy atom. The predicted molar refractivity (Wildman–Crippen MR) is 153 cm³/mol. The molecule has 0 saturated heterocycles. The van der Waals surface area contributed by atoms with E-state index in [2.05, 4.69) is 4.98 Å². The third-order valence-electron chi connectivity index (χ3n) is 7.40. The van der Waals surface area contributed by atoms with E-state index in [-0.39, 0.29) is 41.0 Å². The second kappa shape index (κ2) is 10.1. The summed E-state index contributed by atoms with van der Waals surface area (Å²) in [5.41, 5.74) is 6.00. The van der Waals surface area contributed by atoms with Gasteiger partial charge in [0.1, 0.15) is 5.82 Å². The van der Waals surface area contributed by atoms with E-state index in [1.807, 2.05) is 97.1 Å². The molecule has 3 aromatic heterocycles. The van der Waals surface area contributed by atoms with Crippen molar-refractivity contribution in [2.45, 2.75) is 0 Å². The molecule has 0 amide bonds. The third-order valence-corrected chi connectivity index (χ3v) is 7.40. The van der Waals surface area contributed by atoms with Gasteiger partial charge in [-0.15, -0.1) is 0 Å². The van der Waals surface area contributed by atoms with Crippen LogP contribution in [0.25, 0.3) is 89.7 Å². The number of hydrogen-bond acceptors (Lipinski definition) is 5. The van der Waals surface area contributed by atoms with Crippen LogP contribution in [0.15, 0.2) is 97.1 Å². The van der Waals surface area contributed by atoms with E-state index in [0.717, 1.165) is 43.8 Å². The number of halogens is 1. The molecule has 0 unspecified atom stereocenters. The van der Waals surface area contributed by atoms with Crippen molar-refractivity contribution in [2.75, 3.05) is 0 Å². The summed E-state index contributed by atoms with van der Waals surface area (Å²) in [5, 5.41) is 3.64.